The molecule has 7 heteroatoms. The van der Waals surface area contributed by atoms with E-state index >= 15 is 0 Å². The van der Waals surface area contributed by atoms with Crippen LogP contribution in [-0.2, 0) is 6.54 Å². The van der Waals surface area contributed by atoms with E-state index in [1.807, 2.05) is 12.1 Å². The van der Waals surface area contributed by atoms with Crippen LogP contribution in [0.2, 0.25) is 0 Å². The van der Waals surface area contributed by atoms with Crippen LogP contribution < -0.4 is 10.6 Å². The molecule has 1 saturated heterocycles. The number of furan rings is 1. The number of likely N-dealkylation sites (N-methyl/N-ethyl adjacent to an activating group) is 1. The molecule has 1 atom stereocenters. The van der Waals surface area contributed by atoms with Gasteiger partial charge in [-0.25, -0.2) is 4.99 Å². The van der Waals surface area contributed by atoms with Gasteiger partial charge in [0.2, 0.25) is 0 Å². The standard InChI is InChI=1S/C22H33N5O.HI/c1-3-23-22(25-17-20-11-7-16-28-20)24-12-8-13-27-15-14-26(2)18-21(27)19-9-5-4-6-10-19;/h4-7,9-11,16,21H,3,8,12-15,17-18H2,1-2H3,(H2,23,24,25);1H. The summed E-state index contributed by atoms with van der Waals surface area (Å²) >= 11 is 0. The fourth-order valence-corrected chi connectivity index (χ4v) is 3.61. The van der Waals surface area contributed by atoms with E-state index in [1.165, 1.54) is 5.56 Å². The van der Waals surface area contributed by atoms with Crippen LogP contribution in [0.25, 0.3) is 0 Å². The summed E-state index contributed by atoms with van der Waals surface area (Å²) in [5.74, 6) is 1.72. The van der Waals surface area contributed by atoms with E-state index in [9.17, 15) is 0 Å². The molecule has 1 aromatic heterocycles. The first-order valence-corrected chi connectivity index (χ1v) is 10.3. The summed E-state index contributed by atoms with van der Waals surface area (Å²) in [6, 6.07) is 15.2. The third kappa shape index (κ3) is 7.64. The van der Waals surface area contributed by atoms with Crippen LogP contribution in [0.4, 0.5) is 0 Å². The summed E-state index contributed by atoms with van der Waals surface area (Å²) in [5, 5.41) is 6.75. The van der Waals surface area contributed by atoms with Gasteiger partial charge in [0.05, 0.1) is 6.26 Å². The van der Waals surface area contributed by atoms with Crippen molar-refractivity contribution in [1.82, 2.24) is 20.4 Å². The zero-order valence-electron chi connectivity index (χ0n) is 17.5. The first-order valence-electron chi connectivity index (χ1n) is 10.3. The minimum absolute atomic E-state index is 0. The van der Waals surface area contributed by atoms with E-state index in [1.54, 1.807) is 6.26 Å². The summed E-state index contributed by atoms with van der Waals surface area (Å²) in [4.78, 5) is 9.64. The summed E-state index contributed by atoms with van der Waals surface area (Å²) in [6.07, 6.45) is 2.77. The Balaban J connectivity index is 0.00000300. The van der Waals surface area contributed by atoms with Crippen molar-refractivity contribution in [1.29, 1.82) is 0 Å². The van der Waals surface area contributed by atoms with Gasteiger partial charge in [-0.05, 0) is 38.1 Å². The van der Waals surface area contributed by atoms with Crippen molar-refractivity contribution in [3.8, 4) is 0 Å². The SMILES string of the molecule is CCNC(=NCc1ccco1)NCCCN1CCN(C)CC1c1ccccc1.I. The lowest BCUT2D eigenvalue weighted by Gasteiger charge is -2.40. The van der Waals surface area contributed by atoms with Gasteiger partial charge < -0.3 is 20.0 Å². The van der Waals surface area contributed by atoms with Crippen molar-refractivity contribution in [2.75, 3.05) is 46.3 Å². The fraction of sp³-hybridized carbons (Fsp3) is 0.500. The Morgan fingerprint density at radius 3 is 2.69 bits per heavy atom. The first kappa shape index (κ1) is 23.7. The third-order valence-electron chi connectivity index (χ3n) is 5.11. The Morgan fingerprint density at radius 2 is 1.97 bits per heavy atom. The minimum atomic E-state index is 0. The summed E-state index contributed by atoms with van der Waals surface area (Å²) in [6.45, 7) is 8.79. The molecule has 0 bridgehead atoms. The molecule has 160 valence electrons. The highest BCUT2D eigenvalue weighted by atomic mass is 127. The van der Waals surface area contributed by atoms with E-state index in [-0.39, 0.29) is 24.0 Å². The van der Waals surface area contributed by atoms with Crippen molar-refractivity contribution >= 4 is 29.9 Å². The van der Waals surface area contributed by atoms with Crippen LogP contribution in [0, 0.1) is 0 Å². The molecule has 0 amide bonds. The first-order chi connectivity index (χ1) is 13.8. The highest BCUT2D eigenvalue weighted by Gasteiger charge is 2.25. The molecule has 0 spiro atoms. The Kier molecular flexibility index (Phi) is 10.5. The van der Waals surface area contributed by atoms with Gasteiger partial charge >= 0.3 is 0 Å². The molecule has 3 rings (SSSR count). The van der Waals surface area contributed by atoms with Gasteiger partial charge in [-0.1, -0.05) is 30.3 Å². The zero-order chi connectivity index (χ0) is 19.6. The number of nitrogens with zero attached hydrogens (tertiary/aromatic N) is 3. The lowest BCUT2D eigenvalue weighted by Crippen LogP contribution is -2.47. The maximum absolute atomic E-state index is 5.36. The van der Waals surface area contributed by atoms with Crippen molar-refractivity contribution < 1.29 is 4.42 Å². The Labute approximate surface area is 191 Å². The van der Waals surface area contributed by atoms with Crippen LogP contribution in [0.1, 0.15) is 30.7 Å². The molecule has 1 aliphatic rings. The molecule has 0 saturated carbocycles. The molecule has 2 heterocycles. The Bertz CT molecular complexity index is 707. The second kappa shape index (κ2) is 12.9. The lowest BCUT2D eigenvalue weighted by molar-refractivity contribution is 0.0891. The van der Waals surface area contributed by atoms with Crippen molar-refractivity contribution in [3.05, 3.63) is 60.1 Å². The quantitative estimate of drug-likeness (QED) is 0.247. The molecule has 6 nitrogen and oxygen atoms in total. The molecule has 1 fully saturated rings. The van der Waals surface area contributed by atoms with Gasteiger partial charge in [-0.15, -0.1) is 24.0 Å². The summed E-state index contributed by atoms with van der Waals surface area (Å²) in [5.41, 5.74) is 1.41. The predicted octanol–water partition coefficient (Wildman–Crippen LogP) is 3.33. The van der Waals surface area contributed by atoms with Crippen LogP contribution in [0.5, 0.6) is 0 Å². The van der Waals surface area contributed by atoms with E-state index < -0.39 is 0 Å². The van der Waals surface area contributed by atoms with E-state index in [0.29, 0.717) is 12.6 Å². The van der Waals surface area contributed by atoms with Crippen molar-refractivity contribution in [3.63, 3.8) is 0 Å². The lowest BCUT2D eigenvalue weighted by atomic mass is 10.0. The van der Waals surface area contributed by atoms with Gasteiger partial charge in [0.1, 0.15) is 12.3 Å². The largest absolute Gasteiger partial charge is 0.467 e. The molecule has 2 aromatic rings. The number of rotatable bonds is 8. The molecule has 0 aliphatic carbocycles. The van der Waals surface area contributed by atoms with Crippen molar-refractivity contribution in [2.45, 2.75) is 25.9 Å². The summed E-state index contributed by atoms with van der Waals surface area (Å²) < 4.78 is 5.36. The number of halogens is 1. The van der Waals surface area contributed by atoms with Crippen LogP contribution in [-0.4, -0.2) is 62.1 Å². The zero-order valence-corrected chi connectivity index (χ0v) is 19.8. The van der Waals surface area contributed by atoms with Gasteiger partial charge in [0.15, 0.2) is 5.96 Å². The van der Waals surface area contributed by atoms with Gasteiger partial charge in [0.25, 0.3) is 0 Å². The number of hydrogen-bond donors (Lipinski definition) is 2. The molecule has 0 radical (unpaired) electrons. The molecule has 29 heavy (non-hydrogen) atoms. The highest BCUT2D eigenvalue weighted by molar-refractivity contribution is 14.0. The van der Waals surface area contributed by atoms with Crippen LogP contribution in [0.3, 0.4) is 0 Å². The molecule has 1 aliphatic heterocycles. The number of nitrogens with one attached hydrogen (secondary N) is 2. The smallest absolute Gasteiger partial charge is 0.191 e. The highest BCUT2D eigenvalue weighted by Crippen LogP contribution is 2.24. The predicted molar refractivity (Wildman–Crippen MR) is 130 cm³/mol. The Hall–Kier alpha value is -1.58. The maximum Gasteiger partial charge on any atom is 0.191 e. The average Bonchev–Trinajstić information content (AvgIpc) is 3.24. The van der Waals surface area contributed by atoms with E-state index in [0.717, 1.165) is 57.4 Å². The number of piperazine rings is 1. The number of hydrogen-bond acceptors (Lipinski definition) is 4. The minimum Gasteiger partial charge on any atom is -0.467 e. The number of aliphatic imine (C=N–C) groups is 1. The number of benzene rings is 1. The average molecular weight is 511 g/mol. The molecule has 1 aromatic carbocycles. The molecule has 2 N–H and O–H groups in total. The molecular weight excluding hydrogens is 477 g/mol. The van der Waals surface area contributed by atoms with E-state index in [4.69, 9.17) is 4.42 Å². The second-order valence-electron chi connectivity index (χ2n) is 7.28. The topological polar surface area (TPSA) is 56.0 Å². The third-order valence-corrected chi connectivity index (χ3v) is 5.11. The Morgan fingerprint density at radius 1 is 1.14 bits per heavy atom. The maximum atomic E-state index is 5.36. The van der Waals surface area contributed by atoms with E-state index in [2.05, 4.69) is 69.7 Å². The molecular formula is C22H34IN5O. The fourth-order valence-electron chi connectivity index (χ4n) is 3.61. The van der Waals surface area contributed by atoms with Crippen LogP contribution >= 0.6 is 24.0 Å². The van der Waals surface area contributed by atoms with Gasteiger partial charge in [-0.2, -0.15) is 0 Å². The number of guanidine groups is 1. The van der Waals surface area contributed by atoms with Gasteiger partial charge in [0, 0.05) is 45.3 Å². The normalized spacial score (nSPS) is 18.3. The summed E-state index contributed by atoms with van der Waals surface area (Å²) in [7, 11) is 2.22. The second-order valence-corrected chi connectivity index (χ2v) is 7.28. The van der Waals surface area contributed by atoms with Crippen molar-refractivity contribution in [2.24, 2.45) is 4.99 Å². The molecule has 1 unspecified atom stereocenters. The van der Waals surface area contributed by atoms with Gasteiger partial charge in [-0.3, -0.25) is 4.90 Å². The monoisotopic (exact) mass is 511 g/mol. The van der Waals surface area contributed by atoms with Crippen LogP contribution in [0.15, 0.2) is 58.1 Å².